The second-order valence-corrected chi connectivity index (χ2v) is 10.5. The molecule has 1 N–H and O–H groups in total. The van der Waals surface area contributed by atoms with Crippen molar-refractivity contribution in [2.24, 2.45) is 0 Å². The highest BCUT2D eigenvalue weighted by atomic mass is 32.1. The van der Waals surface area contributed by atoms with Crippen molar-refractivity contribution < 1.29 is 14.5 Å². The van der Waals surface area contributed by atoms with Crippen LogP contribution in [0.25, 0.3) is 22.4 Å². The zero-order valence-corrected chi connectivity index (χ0v) is 20.0. The van der Waals surface area contributed by atoms with Gasteiger partial charge in [0.05, 0.1) is 16.2 Å². The number of carbonyl (C=O) groups is 1. The van der Waals surface area contributed by atoms with Gasteiger partial charge in [0.15, 0.2) is 0 Å². The van der Waals surface area contributed by atoms with Crippen LogP contribution in [0, 0.1) is 17.0 Å². The van der Waals surface area contributed by atoms with Gasteiger partial charge in [0.25, 0.3) is 5.69 Å². The summed E-state index contributed by atoms with van der Waals surface area (Å²) in [6.45, 7) is 7.53. The van der Waals surface area contributed by atoms with Crippen LogP contribution in [0.4, 0.5) is 10.5 Å². The first-order chi connectivity index (χ1) is 15.6. The van der Waals surface area contributed by atoms with Gasteiger partial charge in [-0.3, -0.25) is 10.1 Å². The van der Waals surface area contributed by atoms with Crippen LogP contribution in [0.2, 0.25) is 0 Å². The van der Waals surface area contributed by atoms with Crippen LogP contribution in [0.15, 0.2) is 48.0 Å². The summed E-state index contributed by atoms with van der Waals surface area (Å²) in [5.41, 5.74) is 3.22. The lowest BCUT2D eigenvalue weighted by Gasteiger charge is -2.43. The second kappa shape index (κ2) is 8.59. The lowest BCUT2D eigenvalue weighted by atomic mass is 9.71. The fraction of sp³-hybridized carbons (Fsp3) is 0.360. The minimum Gasteiger partial charge on any atom is -0.444 e. The molecule has 2 heterocycles. The highest BCUT2D eigenvalue weighted by molar-refractivity contribution is 7.10. The molecule has 1 aliphatic rings. The number of hydrogen-bond donors (Lipinski definition) is 1. The Hall–Kier alpha value is -3.26. The molecule has 1 aliphatic carbocycles. The van der Waals surface area contributed by atoms with Gasteiger partial charge in [-0.25, -0.2) is 9.78 Å². The Labute approximate surface area is 197 Å². The third-order valence-electron chi connectivity index (χ3n) is 5.89. The molecule has 1 aromatic carbocycles. The lowest BCUT2D eigenvalue weighted by molar-refractivity contribution is -0.385. The summed E-state index contributed by atoms with van der Waals surface area (Å²) >= 11 is 1.59. The number of benzene rings is 1. The predicted octanol–water partition coefficient (Wildman–Crippen LogP) is 6.60. The molecule has 0 saturated heterocycles. The van der Waals surface area contributed by atoms with Gasteiger partial charge < -0.3 is 10.1 Å². The van der Waals surface area contributed by atoms with Crippen molar-refractivity contribution in [3.8, 4) is 22.4 Å². The van der Waals surface area contributed by atoms with Crippen molar-refractivity contribution >= 4 is 23.1 Å². The van der Waals surface area contributed by atoms with E-state index in [9.17, 15) is 14.9 Å². The summed E-state index contributed by atoms with van der Waals surface area (Å²) in [6.07, 6.45) is 3.61. The maximum atomic E-state index is 12.4. The summed E-state index contributed by atoms with van der Waals surface area (Å²) in [4.78, 5) is 28.9. The number of aromatic nitrogens is 1. The van der Waals surface area contributed by atoms with Gasteiger partial charge >= 0.3 is 6.09 Å². The topological polar surface area (TPSA) is 94.4 Å². The van der Waals surface area contributed by atoms with Crippen molar-refractivity contribution in [3.63, 3.8) is 0 Å². The van der Waals surface area contributed by atoms with Crippen LogP contribution in [-0.2, 0) is 10.3 Å². The van der Waals surface area contributed by atoms with E-state index in [2.05, 4.69) is 10.3 Å². The van der Waals surface area contributed by atoms with Gasteiger partial charge in [-0.1, -0.05) is 24.3 Å². The van der Waals surface area contributed by atoms with E-state index < -0.39 is 22.2 Å². The quantitative estimate of drug-likeness (QED) is 0.338. The molecule has 0 radical (unpaired) electrons. The Bertz CT molecular complexity index is 1190. The molecule has 0 bridgehead atoms. The van der Waals surface area contributed by atoms with E-state index in [0.29, 0.717) is 5.69 Å². The largest absolute Gasteiger partial charge is 0.444 e. The summed E-state index contributed by atoms with van der Waals surface area (Å²) in [7, 11) is 0. The van der Waals surface area contributed by atoms with Crippen molar-refractivity contribution in [1.82, 2.24) is 10.3 Å². The minimum absolute atomic E-state index is 0.0362. The molecule has 172 valence electrons. The van der Waals surface area contributed by atoms with E-state index in [0.717, 1.165) is 46.4 Å². The third kappa shape index (κ3) is 4.75. The number of aryl methyl sites for hydroxylation is 1. The molecule has 0 unspecified atom stereocenters. The second-order valence-electron chi connectivity index (χ2n) is 9.38. The molecule has 0 spiro atoms. The van der Waals surface area contributed by atoms with E-state index >= 15 is 0 Å². The molecular formula is C25H27N3O4S. The molecule has 0 atom stereocenters. The highest BCUT2D eigenvalue weighted by Gasteiger charge is 2.41. The number of ether oxygens (including phenoxy) is 1. The van der Waals surface area contributed by atoms with Gasteiger partial charge in [-0.05, 0) is 69.5 Å². The predicted molar refractivity (Wildman–Crippen MR) is 129 cm³/mol. The number of alkyl carbamates (subject to hydrolysis) is 1. The third-order valence-corrected chi connectivity index (χ3v) is 6.74. The van der Waals surface area contributed by atoms with E-state index in [-0.39, 0.29) is 5.69 Å². The maximum Gasteiger partial charge on any atom is 0.408 e. The highest BCUT2D eigenvalue weighted by Crippen LogP contribution is 2.43. The number of rotatable bonds is 5. The number of nitrogens with one attached hydrogen (secondary N) is 1. The van der Waals surface area contributed by atoms with Crippen molar-refractivity contribution in [3.05, 3.63) is 68.5 Å². The standard InChI is InChI=1S/C25H27N3O4S/c1-16-20(10-13-33-16)21-14-19(28(30)31)15-26-22(21)17-6-8-18(9-7-17)25(11-5-12-25)27-23(29)32-24(2,3)4/h6-10,13-15H,5,11-12H2,1-4H3,(H,27,29). The van der Waals surface area contributed by atoms with Crippen molar-refractivity contribution in [1.29, 1.82) is 0 Å². The number of nitro groups is 1. The Balaban J connectivity index is 1.67. The molecule has 3 aromatic rings. The molecular weight excluding hydrogens is 438 g/mol. The smallest absolute Gasteiger partial charge is 0.408 e. The fourth-order valence-corrected chi connectivity index (χ4v) is 4.83. The summed E-state index contributed by atoms with van der Waals surface area (Å²) in [5.74, 6) is 0. The molecule has 1 saturated carbocycles. The SMILES string of the molecule is Cc1sccc1-c1cc([N+](=O)[O-])cnc1-c1ccc(C2(NC(=O)OC(C)(C)C)CCC2)cc1. The molecule has 1 amide bonds. The van der Waals surface area contributed by atoms with Crippen LogP contribution in [0.1, 0.15) is 50.5 Å². The Kier molecular flexibility index (Phi) is 5.97. The van der Waals surface area contributed by atoms with Gasteiger partial charge in [-0.15, -0.1) is 11.3 Å². The van der Waals surface area contributed by atoms with E-state index in [4.69, 9.17) is 4.74 Å². The van der Waals surface area contributed by atoms with Gasteiger partial charge in [0, 0.05) is 22.1 Å². The maximum absolute atomic E-state index is 12.4. The molecule has 4 rings (SSSR count). The van der Waals surface area contributed by atoms with Gasteiger partial charge in [0.2, 0.25) is 0 Å². The zero-order chi connectivity index (χ0) is 23.8. The van der Waals surface area contributed by atoms with Crippen molar-refractivity contribution in [2.75, 3.05) is 0 Å². The Morgan fingerprint density at radius 2 is 1.88 bits per heavy atom. The monoisotopic (exact) mass is 465 g/mol. The zero-order valence-electron chi connectivity index (χ0n) is 19.2. The molecule has 7 nitrogen and oxygen atoms in total. The first-order valence-corrected chi connectivity index (χ1v) is 11.8. The average Bonchev–Trinajstić information content (AvgIpc) is 3.15. The van der Waals surface area contributed by atoms with E-state index in [1.54, 1.807) is 17.4 Å². The Morgan fingerprint density at radius 1 is 1.18 bits per heavy atom. The van der Waals surface area contributed by atoms with Gasteiger partial charge in [-0.2, -0.15) is 0 Å². The number of thiophene rings is 1. The van der Waals surface area contributed by atoms with Crippen LogP contribution in [0.3, 0.4) is 0 Å². The molecule has 2 aromatic heterocycles. The minimum atomic E-state index is -0.559. The normalized spacial score (nSPS) is 14.9. The lowest BCUT2D eigenvalue weighted by Crippen LogP contribution is -2.52. The number of pyridine rings is 1. The van der Waals surface area contributed by atoms with Crippen LogP contribution in [-0.4, -0.2) is 21.6 Å². The summed E-state index contributed by atoms with van der Waals surface area (Å²) < 4.78 is 5.47. The van der Waals surface area contributed by atoms with E-state index in [1.807, 2.05) is 63.4 Å². The number of nitrogens with zero attached hydrogens (tertiary/aromatic N) is 2. The van der Waals surface area contributed by atoms with E-state index in [1.165, 1.54) is 6.20 Å². The molecule has 1 fully saturated rings. The van der Waals surface area contributed by atoms with Gasteiger partial charge in [0.1, 0.15) is 11.8 Å². The van der Waals surface area contributed by atoms with Crippen LogP contribution in [0.5, 0.6) is 0 Å². The first kappa shape index (κ1) is 22.9. The average molecular weight is 466 g/mol. The number of hydrogen-bond acceptors (Lipinski definition) is 6. The van der Waals surface area contributed by atoms with Crippen LogP contribution >= 0.6 is 11.3 Å². The number of amides is 1. The Morgan fingerprint density at radius 3 is 2.39 bits per heavy atom. The first-order valence-electron chi connectivity index (χ1n) is 10.9. The molecule has 33 heavy (non-hydrogen) atoms. The van der Waals surface area contributed by atoms with Crippen molar-refractivity contribution in [2.45, 2.75) is 58.1 Å². The summed E-state index contributed by atoms with van der Waals surface area (Å²) in [6, 6.07) is 11.5. The molecule has 0 aliphatic heterocycles. The van der Waals surface area contributed by atoms with Crippen LogP contribution < -0.4 is 5.32 Å². The number of carbonyl (C=O) groups excluding carboxylic acids is 1. The molecule has 8 heteroatoms. The summed E-state index contributed by atoms with van der Waals surface area (Å²) in [5, 5.41) is 16.4. The fourth-order valence-electron chi connectivity index (χ4n) is 4.12.